The summed E-state index contributed by atoms with van der Waals surface area (Å²) in [7, 11) is 3.97. The summed E-state index contributed by atoms with van der Waals surface area (Å²) in [4.78, 5) is 28.2. The van der Waals surface area contributed by atoms with Crippen molar-refractivity contribution >= 4 is 11.8 Å². The van der Waals surface area contributed by atoms with Gasteiger partial charge in [0.15, 0.2) is 0 Å². The van der Waals surface area contributed by atoms with E-state index in [1.54, 1.807) is 0 Å². The van der Waals surface area contributed by atoms with E-state index in [9.17, 15) is 9.59 Å². The maximum absolute atomic E-state index is 12.0. The first-order chi connectivity index (χ1) is 12.0. The molecule has 1 aromatic rings. The number of benzene rings is 1. The lowest BCUT2D eigenvalue weighted by Crippen LogP contribution is -2.49. The van der Waals surface area contributed by atoms with Crippen LogP contribution in [0.15, 0.2) is 30.3 Å². The second-order valence-electron chi connectivity index (χ2n) is 6.92. The van der Waals surface area contributed by atoms with Crippen LogP contribution in [0.1, 0.15) is 24.8 Å². The molecule has 0 saturated carbocycles. The first-order valence-electron chi connectivity index (χ1n) is 9.04. The van der Waals surface area contributed by atoms with Gasteiger partial charge in [0.1, 0.15) is 0 Å². The SMILES string of the molecule is CN(C)CCCNC(=O)C(=O)NC1CCN(Cc2ccccc2)CC1. The maximum atomic E-state index is 12.0. The Kier molecular flexibility index (Phi) is 7.88. The quantitative estimate of drug-likeness (QED) is 0.567. The van der Waals surface area contributed by atoms with Crippen molar-refractivity contribution in [3.8, 4) is 0 Å². The Hall–Kier alpha value is -1.92. The summed E-state index contributed by atoms with van der Waals surface area (Å²) in [6.07, 6.45) is 2.60. The van der Waals surface area contributed by atoms with Gasteiger partial charge in [-0.05, 0) is 45.5 Å². The summed E-state index contributed by atoms with van der Waals surface area (Å²) in [5.74, 6) is -1.03. The molecule has 25 heavy (non-hydrogen) atoms. The van der Waals surface area contributed by atoms with E-state index in [0.29, 0.717) is 6.54 Å². The zero-order valence-corrected chi connectivity index (χ0v) is 15.3. The predicted molar refractivity (Wildman–Crippen MR) is 99.1 cm³/mol. The summed E-state index contributed by atoms with van der Waals surface area (Å²) >= 11 is 0. The van der Waals surface area contributed by atoms with Gasteiger partial charge in [-0.3, -0.25) is 14.5 Å². The number of hydrogen-bond acceptors (Lipinski definition) is 4. The molecule has 2 N–H and O–H groups in total. The Bertz CT molecular complexity index is 540. The smallest absolute Gasteiger partial charge is 0.309 e. The van der Waals surface area contributed by atoms with Gasteiger partial charge in [0.05, 0.1) is 0 Å². The Morgan fingerprint density at radius 2 is 1.80 bits per heavy atom. The zero-order valence-electron chi connectivity index (χ0n) is 15.3. The van der Waals surface area contributed by atoms with Crippen LogP contribution in [0.3, 0.4) is 0 Å². The molecule has 1 aromatic carbocycles. The van der Waals surface area contributed by atoms with E-state index in [2.05, 4.69) is 44.7 Å². The van der Waals surface area contributed by atoms with Gasteiger partial charge in [0.2, 0.25) is 0 Å². The summed E-state index contributed by atoms with van der Waals surface area (Å²) in [5, 5.41) is 5.55. The number of piperidine rings is 1. The number of carbonyl (C=O) groups excluding carboxylic acids is 2. The van der Waals surface area contributed by atoms with Crippen molar-refractivity contribution in [1.29, 1.82) is 0 Å². The molecule has 6 heteroatoms. The second kappa shape index (κ2) is 10.2. The molecule has 2 amide bonds. The predicted octanol–water partition coefficient (Wildman–Crippen LogP) is 0.835. The van der Waals surface area contributed by atoms with Crippen molar-refractivity contribution < 1.29 is 9.59 Å². The van der Waals surface area contributed by atoms with E-state index in [4.69, 9.17) is 0 Å². The Morgan fingerprint density at radius 3 is 2.44 bits per heavy atom. The summed E-state index contributed by atoms with van der Waals surface area (Å²) in [6.45, 7) is 4.23. The van der Waals surface area contributed by atoms with Crippen molar-refractivity contribution in [3.05, 3.63) is 35.9 Å². The minimum absolute atomic E-state index is 0.0899. The van der Waals surface area contributed by atoms with Gasteiger partial charge in [-0.15, -0.1) is 0 Å². The Morgan fingerprint density at radius 1 is 1.12 bits per heavy atom. The summed E-state index contributed by atoms with van der Waals surface area (Å²) in [5.41, 5.74) is 1.31. The molecule has 2 rings (SSSR count). The van der Waals surface area contributed by atoms with Crippen molar-refractivity contribution in [2.24, 2.45) is 0 Å². The number of nitrogens with one attached hydrogen (secondary N) is 2. The molecule has 1 heterocycles. The minimum Gasteiger partial charge on any atom is -0.348 e. The Balaban J connectivity index is 1.63. The topological polar surface area (TPSA) is 64.7 Å². The van der Waals surface area contributed by atoms with Gasteiger partial charge in [-0.1, -0.05) is 30.3 Å². The molecule has 0 radical (unpaired) electrons. The van der Waals surface area contributed by atoms with Crippen LogP contribution < -0.4 is 10.6 Å². The highest BCUT2D eigenvalue weighted by molar-refractivity contribution is 6.35. The fourth-order valence-corrected chi connectivity index (χ4v) is 3.01. The van der Waals surface area contributed by atoms with Gasteiger partial charge in [-0.25, -0.2) is 0 Å². The van der Waals surface area contributed by atoms with Crippen molar-refractivity contribution in [2.45, 2.75) is 31.8 Å². The molecule has 0 aromatic heterocycles. The fourth-order valence-electron chi connectivity index (χ4n) is 3.01. The van der Waals surface area contributed by atoms with E-state index in [1.807, 2.05) is 20.2 Å². The van der Waals surface area contributed by atoms with Crippen LogP contribution in [0.2, 0.25) is 0 Å². The second-order valence-corrected chi connectivity index (χ2v) is 6.92. The lowest BCUT2D eigenvalue weighted by molar-refractivity contribution is -0.139. The van der Waals surface area contributed by atoms with Crippen LogP contribution in [0, 0.1) is 0 Å². The molecule has 0 bridgehead atoms. The molecule has 0 aliphatic carbocycles. The van der Waals surface area contributed by atoms with E-state index in [-0.39, 0.29) is 6.04 Å². The van der Waals surface area contributed by atoms with E-state index in [1.165, 1.54) is 5.56 Å². The third-order valence-electron chi connectivity index (χ3n) is 4.45. The highest BCUT2D eigenvalue weighted by atomic mass is 16.2. The molecular formula is C19H30N4O2. The number of carbonyl (C=O) groups is 2. The number of rotatable bonds is 7. The molecule has 1 fully saturated rings. The molecule has 1 saturated heterocycles. The van der Waals surface area contributed by atoms with E-state index in [0.717, 1.165) is 45.4 Å². The maximum Gasteiger partial charge on any atom is 0.309 e. The lowest BCUT2D eigenvalue weighted by atomic mass is 10.0. The van der Waals surface area contributed by atoms with Gasteiger partial charge in [-0.2, -0.15) is 0 Å². The molecular weight excluding hydrogens is 316 g/mol. The average molecular weight is 346 g/mol. The minimum atomic E-state index is -0.523. The fraction of sp³-hybridized carbons (Fsp3) is 0.579. The number of hydrogen-bond donors (Lipinski definition) is 2. The first-order valence-corrected chi connectivity index (χ1v) is 9.04. The van der Waals surface area contributed by atoms with Crippen LogP contribution in [0.4, 0.5) is 0 Å². The first kappa shape index (κ1) is 19.4. The standard InChI is InChI=1S/C19H30N4O2/c1-22(2)12-6-11-20-18(24)19(25)21-17-9-13-23(14-10-17)15-16-7-4-3-5-8-16/h3-5,7-8,17H,6,9-15H2,1-2H3,(H,20,24)(H,21,25). The number of nitrogens with zero attached hydrogens (tertiary/aromatic N) is 2. The third-order valence-corrected chi connectivity index (χ3v) is 4.45. The molecule has 138 valence electrons. The molecule has 0 atom stereocenters. The highest BCUT2D eigenvalue weighted by Crippen LogP contribution is 2.13. The van der Waals surface area contributed by atoms with Gasteiger partial charge < -0.3 is 15.5 Å². The monoisotopic (exact) mass is 346 g/mol. The third kappa shape index (κ3) is 7.23. The molecule has 1 aliphatic heterocycles. The number of likely N-dealkylation sites (tertiary alicyclic amines) is 1. The van der Waals surface area contributed by atoms with Gasteiger partial charge in [0.25, 0.3) is 0 Å². The van der Waals surface area contributed by atoms with Crippen molar-refractivity contribution in [3.63, 3.8) is 0 Å². The van der Waals surface area contributed by atoms with Crippen LogP contribution in [-0.4, -0.2) is 67.9 Å². The molecule has 1 aliphatic rings. The number of amides is 2. The largest absolute Gasteiger partial charge is 0.348 e. The molecule has 0 unspecified atom stereocenters. The van der Waals surface area contributed by atoms with E-state index < -0.39 is 11.8 Å². The summed E-state index contributed by atoms with van der Waals surface area (Å²) < 4.78 is 0. The van der Waals surface area contributed by atoms with Crippen LogP contribution in [-0.2, 0) is 16.1 Å². The average Bonchev–Trinajstić information content (AvgIpc) is 2.61. The summed E-state index contributed by atoms with van der Waals surface area (Å²) in [6, 6.07) is 10.5. The van der Waals surface area contributed by atoms with Crippen LogP contribution in [0.25, 0.3) is 0 Å². The Labute approximate surface area is 150 Å². The highest BCUT2D eigenvalue weighted by Gasteiger charge is 2.23. The molecule has 0 spiro atoms. The van der Waals surface area contributed by atoms with E-state index >= 15 is 0 Å². The van der Waals surface area contributed by atoms with Gasteiger partial charge in [0, 0.05) is 32.2 Å². The van der Waals surface area contributed by atoms with Gasteiger partial charge >= 0.3 is 11.8 Å². The van der Waals surface area contributed by atoms with Crippen molar-refractivity contribution in [1.82, 2.24) is 20.4 Å². The van der Waals surface area contributed by atoms with Crippen molar-refractivity contribution in [2.75, 3.05) is 40.3 Å². The van der Waals surface area contributed by atoms with Crippen LogP contribution in [0.5, 0.6) is 0 Å². The van der Waals surface area contributed by atoms with Crippen LogP contribution >= 0.6 is 0 Å². The normalized spacial score (nSPS) is 16.0. The zero-order chi connectivity index (χ0) is 18.1. The lowest BCUT2D eigenvalue weighted by Gasteiger charge is -2.32. The molecule has 6 nitrogen and oxygen atoms in total.